The maximum absolute atomic E-state index is 12.8. The fraction of sp³-hybridized carbons (Fsp3) is 0.938. The molecule has 2 saturated heterocycles. The van der Waals surface area contributed by atoms with Gasteiger partial charge in [0.2, 0.25) is 5.91 Å². The molecule has 3 aliphatic rings. The summed E-state index contributed by atoms with van der Waals surface area (Å²) in [5.74, 6) is 2.15. The Morgan fingerprint density at radius 1 is 1.11 bits per heavy atom. The van der Waals surface area contributed by atoms with E-state index in [-0.39, 0.29) is 5.92 Å². The van der Waals surface area contributed by atoms with Gasteiger partial charge in [-0.2, -0.15) is 0 Å². The summed E-state index contributed by atoms with van der Waals surface area (Å²) in [5, 5.41) is 3.43. The third-order valence-corrected chi connectivity index (χ3v) is 5.45. The summed E-state index contributed by atoms with van der Waals surface area (Å²) in [5.41, 5.74) is 0. The fourth-order valence-corrected chi connectivity index (χ4v) is 4.48. The van der Waals surface area contributed by atoms with E-state index in [1.807, 2.05) is 0 Å². The Hall–Kier alpha value is -0.570. The Bertz CT molecular complexity index is 329. The average Bonchev–Trinajstić information content (AvgIpc) is 2.46. The molecule has 0 radical (unpaired) electrons. The molecule has 3 rings (SSSR count). The van der Waals surface area contributed by atoms with E-state index in [1.165, 1.54) is 38.5 Å². The second-order valence-corrected chi connectivity index (χ2v) is 6.98. The van der Waals surface area contributed by atoms with Crippen LogP contribution in [-0.2, 0) is 4.79 Å². The molecule has 1 N–H and O–H groups in total. The maximum atomic E-state index is 12.8. The van der Waals surface area contributed by atoms with Crippen LogP contribution in [-0.4, -0.2) is 36.5 Å². The number of fused-ring (bicyclic) bond motifs is 1. The number of likely N-dealkylation sites (tertiary alicyclic amines) is 1. The summed E-state index contributed by atoms with van der Waals surface area (Å²) < 4.78 is 0. The molecule has 0 aromatic rings. The van der Waals surface area contributed by atoms with Gasteiger partial charge in [-0.15, -0.1) is 0 Å². The van der Waals surface area contributed by atoms with Crippen molar-refractivity contribution < 1.29 is 4.79 Å². The van der Waals surface area contributed by atoms with Crippen LogP contribution in [0.1, 0.15) is 51.9 Å². The molecule has 0 bridgehead atoms. The first-order chi connectivity index (χ1) is 9.25. The molecule has 2 aliphatic heterocycles. The molecule has 1 aliphatic carbocycles. The Morgan fingerprint density at radius 3 is 2.74 bits per heavy atom. The normalized spacial score (nSPS) is 39.7. The minimum absolute atomic E-state index is 0.240. The number of nitrogens with one attached hydrogen (secondary N) is 1. The molecule has 3 nitrogen and oxygen atoms in total. The van der Waals surface area contributed by atoms with Crippen molar-refractivity contribution in [1.82, 2.24) is 10.2 Å². The first-order valence-corrected chi connectivity index (χ1v) is 8.27. The standard InChI is InChI=1S/C16H28N2O/c1-12-9-14(11-17-10-12)16(19)18-8-4-6-13-5-2-3-7-15(13)18/h12-15,17H,2-11H2,1H3. The number of hydrogen-bond donors (Lipinski definition) is 1. The first kappa shape index (κ1) is 13.4. The Morgan fingerprint density at radius 2 is 1.89 bits per heavy atom. The van der Waals surface area contributed by atoms with Gasteiger partial charge in [0.15, 0.2) is 0 Å². The lowest BCUT2D eigenvalue weighted by molar-refractivity contribution is -0.143. The van der Waals surface area contributed by atoms with E-state index in [1.54, 1.807) is 0 Å². The van der Waals surface area contributed by atoms with Gasteiger partial charge < -0.3 is 10.2 Å². The Labute approximate surface area is 117 Å². The molecule has 1 amide bonds. The summed E-state index contributed by atoms with van der Waals surface area (Å²) in [6, 6.07) is 0.576. The third-order valence-electron chi connectivity index (χ3n) is 5.45. The fourth-order valence-electron chi connectivity index (χ4n) is 4.48. The van der Waals surface area contributed by atoms with E-state index < -0.39 is 0 Å². The summed E-state index contributed by atoms with van der Waals surface area (Å²) in [6.45, 7) is 5.25. The van der Waals surface area contributed by atoms with Gasteiger partial charge in [0, 0.05) is 19.1 Å². The number of amides is 1. The largest absolute Gasteiger partial charge is 0.339 e. The van der Waals surface area contributed by atoms with Gasteiger partial charge in [0.1, 0.15) is 0 Å². The third kappa shape index (κ3) is 2.81. The summed E-state index contributed by atoms with van der Waals surface area (Å²) in [4.78, 5) is 15.1. The molecule has 108 valence electrons. The highest BCUT2D eigenvalue weighted by Gasteiger charge is 2.38. The zero-order valence-corrected chi connectivity index (χ0v) is 12.2. The van der Waals surface area contributed by atoms with E-state index in [9.17, 15) is 4.79 Å². The van der Waals surface area contributed by atoms with Crippen molar-refractivity contribution in [3.8, 4) is 0 Å². The minimum Gasteiger partial charge on any atom is -0.339 e. The lowest BCUT2D eigenvalue weighted by Gasteiger charge is -2.46. The minimum atomic E-state index is 0.240. The van der Waals surface area contributed by atoms with Crippen LogP contribution in [0.15, 0.2) is 0 Å². The molecule has 3 heteroatoms. The van der Waals surface area contributed by atoms with Gasteiger partial charge in [-0.05, 0) is 50.5 Å². The van der Waals surface area contributed by atoms with Crippen LogP contribution in [0.25, 0.3) is 0 Å². The molecule has 0 aromatic heterocycles. The van der Waals surface area contributed by atoms with Crippen LogP contribution < -0.4 is 5.32 Å². The number of hydrogen-bond acceptors (Lipinski definition) is 2. The molecule has 4 unspecified atom stereocenters. The molecule has 1 saturated carbocycles. The van der Waals surface area contributed by atoms with Crippen molar-refractivity contribution in [3.05, 3.63) is 0 Å². The number of carbonyl (C=O) groups excluding carboxylic acids is 1. The zero-order chi connectivity index (χ0) is 13.2. The summed E-state index contributed by atoms with van der Waals surface area (Å²) in [6.07, 6.45) is 8.98. The van der Waals surface area contributed by atoms with Crippen LogP contribution >= 0.6 is 0 Å². The number of nitrogens with zero attached hydrogens (tertiary/aromatic N) is 1. The molecular formula is C16H28N2O. The van der Waals surface area contributed by atoms with Crippen LogP contribution in [0, 0.1) is 17.8 Å². The van der Waals surface area contributed by atoms with Crippen molar-refractivity contribution >= 4 is 5.91 Å². The van der Waals surface area contributed by atoms with Gasteiger partial charge in [0.05, 0.1) is 5.92 Å². The van der Waals surface area contributed by atoms with E-state index in [4.69, 9.17) is 0 Å². The molecule has 0 aromatic carbocycles. The van der Waals surface area contributed by atoms with Crippen LogP contribution in [0.2, 0.25) is 0 Å². The lowest BCUT2D eigenvalue weighted by Crippen LogP contribution is -2.54. The van der Waals surface area contributed by atoms with Gasteiger partial charge in [0.25, 0.3) is 0 Å². The quantitative estimate of drug-likeness (QED) is 0.789. The summed E-state index contributed by atoms with van der Waals surface area (Å²) in [7, 11) is 0. The molecule has 2 heterocycles. The van der Waals surface area contributed by atoms with Crippen LogP contribution in [0.4, 0.5) is 0 Å². The highest BCUT2D eigenvalue weighted by atomic mass is 16.2. The van der Waals surface area contributed by atoms with E-state index in [0.29, 0.717) is 17.9 Å². The molecule has 3 fully saturated rings. The van der Waals surface area contributed by atoms with Crippen molar-refractivity contribution in [3.63, 3.8) is 0 Å². The molecule has 19 heavy (non-hydrogen) atoms. The van der Waals surface area contributed by atoms with Gasteiger partial charge in [-0.25, -0.2) is 0 Å². The predicted molar refractivity (Wildman–Crippen MR) is 76.8 cm³/mol. The highest BCUT2D eigenvalue weighted by molar-refractivity contribution is 5.79. The molecule has 0 spiro atoms. The average molecular weight is 264 g/mol. The van der Waals surface area contributed by atoms with Crippen LogP contribution in [0.3, 0.4) is 0 Å². The van der Waals surface area contributed by atoms with E-state index in [2.05, 4.69) is 17.1 Å². The SMILES string of the molecule is CC1CNCC(C(=O)N2CCCC3CCCCC32)C1. The van der Waals surface area contributed by atoms with Gasteiger partial charge >= 0.3 is 0 Å². The zero-order valence-electron chi connectivity index (χ0n) is 12.2. The predicted octanol–water partition coefficient (Wildman–Crippen LogP) is 2.41. The Kier molecular flexibility index (Phi) is 4.11. The molecular weight excluding hydrogens is 236 g/mol. The van der Waals surface area contributed by atoms with Crippen molar-refractivity contribution in [2.75, 3.05) is 19.6 Å². The van der Waals surface area contributed by atoms with Crippen LogP contribution in [0.5, 0.6) is 0 Å². The Balaban J connectivity index is 1.67. The highest BCUT2D eigenvalue weighted by Crippen LogP contribution is 2.36. The van der Waals surface area contributed by atoms with E-state index in [0.717, 1.165) is 32.0 Å². The molecule has 4 atom stereocenters. The first-order valence-electron chi connectivity index (χ1n) is 8.27. The lowest BCUT2D eigenvalue weighted by atomic mass is 9.77. The number of piperidine rings is 2. The van der Waals surface area contributed by atoms with Gasteiger partial charge in [-0.1, -0.05) is 19.8 Å². The smallest absolute Gasteiger partial charge is 0.227 e. The number of rotatable bonds is 1. The van der Waals surface area contributed by atoms with Gasteiger partial charge in [-0.3, -0.25) is 4.79 Å². The maximum Gasteiger partial charge on any atom is 0.227 e. The topological polar surface area (TPSA) is 32.3 Å². The second-order valence-electron chi connectivity index (χ2n) is 6.98. The summed E-state index contributed by atoms with van der Waals surface area (Å²) >= 11 is 0. The second kappa shape index (κ2) is 5.82. The number of carbonyl (C=O) groups is 1. The van der Waals surface area contributed by atoms with Crippen molar-refractivity contribution in [1.29, 1.82) is 0 Å². The monoisotopic (exact) mass is 264 g/mol. The van der Waals surface area contributed by atoms with E-state index >= 15 is 0 Å². The van der Waals surface area contributed by atoms with Crippen molar-refractivity contribution in [2.24, 2.45) is 17.8 Å². The van der Waals surface area contributed by atoms with Crippen molar-refractivity contribution in [2.45, 2.75) is 57.9 Å².